The first kappa shape index (κ1) is 25.1. The molecule has 11 heteroatoms. The summed E-state index contributed by atoms with van der Waals surface area (Å²) in [5, 5.41) is 20.7. The number of rotatable bonds is 3. The number of benzene rings is 1. The zero-order chi connectivity index (χ0) is 26.7. The standard InChI is InChI=1S/C26H27F3N4O4/c1-14-11-30-22-18(14)10-17(12-31-22)16-8-15-5-7-32(23(34)25(2,37)26(27,28)29)13-20(15)19(9-16)21-4-3-6-33(21)24(35)36/h8-12,21,37H,3-7,13H2,1-2H3,(H,30,31)(H,35,36)/t21-,25+/m0/s1. The Morgan fingerprint density at radius 3 is 2.62 bits per heavy atom. The van der Waals surface area contributed by atoms with E-state index in [2.05, 4.69) is 9.97 Å². The molecule has 0 bridgehead atoms. The Balaban J connectivity index is 1.60. The number of amides is 2. The first-order chi connectivity index (χ1) is 17.4. The average molecular weight is 517 g/mol. The summed E-state index contributed by atoms with van der Waals surface area (Å²) < 4.78 is 40.1. The Kier molecular flexibility index (Phi) is 5.93. The number of aromatic nitrogens is 2. The lowest BCUT2D eigenvalue weighted by Gasteiger charge is -2.37. The molecule has 0 radical (unpaired) electrons. The van der Waals surface area contributed by atoms with Crippen LogP contribution < -0.4 is 0 Å². The van der Waals surface area contributed by atoms with E-state index in [0.29, 0.717) is 37.4 Å². The number of hydrogen-bond donors (Lipinski definition) is 3. The monoisotopic (exact) mass is 516 g/mol. The predicted octanol–water partition coefficient (Wildman–Crippen LogP) is 4.55. The summed E-state index contributed by atoms with van der Waals surface area (Å²) in [6, 6.07) is 5.32. The number of aryl methyl sites for hydroxylation is 1. The molecule has 1 aromatic carbocycles. The lowest BCUT2D eigenvalue weighted by atomic mass is 9.86. The van der Waals surface area contributed by atoms with Gasteiger partial charge in [0.15, 0.2) is 0 Å². The van der Waals surface area contributed by atoms with E-state index >= 15 is 0 Å². The van der Waals surface area contributed by atoms with E-state index in [1.54, 1.807) is 6.20 Å². The largest absolute Gasteiger partial charge is 0.465 e. The minimum Gasteiger partial charge on any atom is -0.465 e. The van der Waals surface area contributed by atoms with Crippen LogP contribution in [0.5, 0.6) is 0 Å². The van der Waals surface area contributed by atoms with Crippen LogP contribution in [-0.4, -0.2) is 66.8 Å². The number of H-pyrrole nitrogens is 1. The van der Waals surface area contributed by atoms with Gasteiger partial charge in [0.1, 0.15) is 5.65 Å². The van der Waals surface area contributed by atoms with Gasteiger partial charge >= 0.3 is 12.3 Å². The number of halogens is 3. The summed E-state index contributed by atoms with van der Waals surface area (Å²) >= 11 is 0. The molecule has 2 aromatic heterocycles. The summed E-state index contributed by atoms with van der Waals surface area (Å²) in [6.45, 7) is 2.63. The van der Waals surface area contributed by atoms with Gasteiger partial charge < -0.3 is 25.0 Å². The van der Waals surface area contributed by atoms with Crippen LogP contribution in [0.2, 0.25) is 0 Å². The number of alkyl halides is 3. The molecule has 2 aliphatic rings. The second-order valence-electron chi connectivity index (χ2n) is 9.98. The second-order valence-corrected chi connectivity index (χ2v) is 9.98. The third-order valence-electron chi connectivity index (χ3n) is 7.56. The van der Waals surface area contributed by atoms with E-state index in [1.165, 1.54) is 4.90 Å². The number of hydrogen-bond acceptors (Lipinski definition) is 4. The van der Waals surface area contributed by atoms with Gasteiger partial charge in [0.05, 0.1) is 6.04 Å². The number of nitrogens with one attached hydrogen (secondary N) is 1. The van der Waals surface area contributed by atoms with E-state index in [1.807, 2.05) is 31.3 Å². The maximum absolute atomic E-state index is 13.4. The van der Waals surface area contributed by atoms with Crippen molar-refractivity contribution in [1.29, 1.82) is 0 Å². The summed E-state index contributed by atoms with van der Waals surface area (Å²) in [5.41, 5.74) is 2.06. The lowest BCUT2D eigenvalue weighted by molar-refractivity contribution is -0.250. The number of pyridine rings is 1. The van der Waals surface area contributed by atoms with E-state index in [4.69, 9.17) is 0 Å². The number of nitrogens with zero attached hydrogens (tertiary/aromatic N) is 3. The maximum atomic E-state index is 13.4. The normalized spacial score (nSPS) is 19.7. The van der Waals surface area contributed by atoms with Gasteiger partial charge in [-0.15, -0.1) is 0 Å². The highest BCUT2D eigenvalue weighted by Gasteiger charge is 2.57. The predicted molar refractivity (Wildman–Crippen MR) is 129 cm³/mol. The number of carbonyl (C=O) groups is 2. The van der Waals surface area contributed by atoms with Crippen molar-refractivity contribution >= 4 is 23.0 Å². The molecule has 2 amide bonds. The van der Waals surface area contributed by atoms with Gasteiger partial charge in [-0.3, -0.25) is 4.79 Å². The van der Waals surface area contributed by atoms with E-state index in [9.17, 15) is 33.0 Å². The van der Waals surface area contributed by atoms with Crippen molar-refractivity contribution in [1.82, 2.24) is 19.8 Å². The van der Waals surface area contributed by atoms with Gasteiger partial charge in [-0.2, -0.15) is 13.2 Å². The lowest BCUT2D eigenvalue weighted by Crippen LogP contribution is -2.56. The number of carboxylic acid groups (broad SMARTS) is 1. The summed E-state index contributed by atoms with van der Waals surface area (Å²) in [6.07, 6.45) is -1.12. The van der Waals surface area contributed by atoms with Crippen LogP contribution in [0.4, 0.5) is 18.0 Å². The van der Waals surface area contributed by atoms with E-state index in [0.717, 1.165) is 38.2 Å². The Morgan fingerprint density at radius 2 is 1.92 bits per heavy atom. The van der Waals surface area contributed by atoms with Crippen molar-refractivity contribution in [2.75, 3.05) is 13.1 Å². The van der Waals surface area contributed by atoms with Crippen LogP contribution in [0.25, 0.3) is 22.2 Å². The Morgan fingerprint density at radius 1 is 1.16 bits per heavy atom. The quantitative estimate of drug-likeness (QED) is 0.473. The first-order valence-corrected chi connectivity index (χ1v) is 12.1. The molecule has 2 aliphatic heterocycles. The number of likely N-dealkylation sites (tertiary alicyclic amines) is 1. The average Bonchev–Trinajstić information content (AvgIpc) is 3.49. The smallest absolute Gasteiger partial charge is 0.426 e. The van der Waals surface area contributed by atoms with Crippen LogP contribution in [0.1, 0.15) is 48.1 Å². The third-order valence-corrected chi connectivity index (χ3v) is 7.56. The number of carbonyl (C=O) groups excluding carboxylic acids is 1. The summed E-state index contributed by atoms with van der Waals surface area (Å²) in [5.74, 6) is -1.42. The molecule has 0 unspecified atom stereocenters. The van der Waals surface area contributed by atoms with Gasteiger partial charge in [0.25, 0.3) is 5.91 Å². The fourth-order valence-corrected chi connectivity index (χ4v) is 5.38. The number of aromatic amines is 1. The van der Waals surface area contributed by atoms with Crippen molar-refractivity contribution in [3.05, 3.63) is 52.8 Å². The Labute approximate surface area is 210 Å². The molecule has 5 rings (SSSR count). The molecular formula is C26H27F3N4O4. The van der Waals surface area contributed by atoms with Crippen LogP contribution >= 0.6 is 0 Å². The van der Waals surface area contributed by atoms with Crippen molar-refractivity contribution < 1.29 is 33.0 Å². The highest BCUT2D eigenvalue weighted by atomic mass is 19.4. The number of fused-ring (bicyclic) bond motifs is 2. The summed E-state index contributed by atoms with van der Waals surface area (Å²) in [4.78, 5) is 34.7. The highest BCUT2D eigenvalue weighted by Crippen LogP contribution is 2.41. The van der Waals surface area contributed by atoms with Crippen LogP contribution in [0.3, 0.4) is 0 Å². The zero-order valence-corrected chi connectivity index (χ0v) is 20.4. The third kappa shape index (κ3) is 4.20. The molecule has 1 saturated heterocycles. The zero-order valence-electron chi connectivity index (χ0n) is 20.4. The molecule has 0 saturated carbocycles. The first-order valence-electron chi connectivity index (χ1n) is 12.1. The second kappa shape index (κ2) is 8.76. The van der Waals surface area contributed by atoms with Crippen molar-refractivity contribution in [2.24, 2.45) is 0 Å². The van der Waals surface area contributed by atoms with Gasteiger partial charge in [0.2, 0.25) is 5.60 Å². The molecule has 8 nitrogen and oxygen atoms in total. The molecule has 4 heterocycles. The van der Waals surface area contributed by atoms with Gasteiger partial charge in [0, 0.05) is 43.0 Å². The van der Waals surface area contributed by atoms with Crippen molar-refractivity contribution in [2.45, 2.75) is 57.5 Å². The van der Waals surface area contributed by atoms with Crippen molar-refractivity contribution in [3.8, 4) is 11.1 Å². The van der Waals surface area contributed by atoms with E-state index in [-0.39, 0.29) is 19.5 Å². The molecule has 37 heavy (non-hydrogen) atoms. The molecule has 0 aliphatic carbocycles. The highest BCUT2D eigenvalue weighted by molar-refractivity contribution is 5.86. The minimum absolute atomic E-state index is 0.00245. The molecule has 3 aromatic rings. The topological polar surface area (TPSA) is 110 Å². The molecular weight excluding hydrogens is 489 g/mol. The van der Waals surface area contributed by atoms with Crippen LogP contribution in [0, 0.1) is 6.92 Å². The SMILES string of the molecule is Cc1c[nH]c2ncc(-c3cc4c(c([C@@H]5CCCN5C(=O)O)c3)CN(C(=O)[C@@](C)(O)C(F)(F)F)CC4)cc12. The molecule has 2 atom stereocenters. The van der Waals surface area contributed by atoms with Gasteiger partial charge in [-0.25, -0.2) is 9.78 Å². The Hall–Kier alpha value is -3.60. The van der Waals surface area contributed by atoms with Gasteiger partial charge in [-0.05, 0) is 73.1 Å². The summed E-state index contributed by atoms with van der Waals surface area (Å²) in [7, 11) is 0. The number of aliphatic hydroxyl groups is 1. The van der Waals surface area contributed by atoms with Crippen LogP contribution in [0.15, 0.2) is 30.6 Å². The maximum Gasteiger partial charge on any atom is 0.426 e. The Bertz CT molecular complexity index is 1400. The van der Waals surface area contributed by atoms with Gasteiger partial charge in [-0.1, -0.05) is 6.07 Å². The molecule has 196 valence electrons. The fourth-order valence-electron chi connectivity index (χ4n) is 5.38. The minimum atomic E-state index is -5.12. The molecule has 3 N–H and O–H groups in total. The van der Waals surface area contributed by atoms with Crippen molar-refractivity contribution in [3.63, 3.8) is 0 Å². The molecule has 0 spiro atoms. The molecule has 1 fully saturated rings. The van der Waals surface area contributed by atoms with E-state index < -0.39 is 29.8 Å². The van der Waals surface area contributed by atoms with Crippen LogP contribution in [-0.2, 0) is 17.8 Å². The fraction of sp³-hybridized carbons (Fsp3) is 0.423.